The topological polar surface area (TPSA) is 19.7 Å². The van der Waals surface area contributed by atoms with Gasteiger partial charge in [0.15, 0.2) is 0 Å². The van der Waals surface area contributed by atoms with Crippen LogP contribution < -0.4 is 4.57 Å². The van der Waals surface area contributed by atoms with E-state index in [4.69, 9.17) is 0 Å². The zero-order valence-electron chi connectivity index (χ0n) is 30.4. The van der Waals surface area contributed by atoms with Gasteiger partial charge in [-0.15, -0.1) is 0 Å². The van der Waals surface area contributed by atoms with Gasteiger partial charge in [0, 0.05) is 0 Å². The summed E-state index contributed by atoms with van der Waals surface area (Å²) >= 11 is 0. The van der Waals surface area contributed by atoms with Gasteiger partial charge in [-0.2, -0.15) is 0 Å². The molecule has 2 atom stereocenters. The smallest absolute Gasteiger partial charge is 0.247 e. The molecule has 0 aliphatic carbocycles. The lowest BCUT2D eigenvalue weighted by atomic mass is 9.93. The van der Waals surface area contributed by atoms with Gasteiger partial charge in [-0.05, 0) is 32.6 Å². The van der Waals surface area contributed by atoms with Crippen molar-refractivity contribution in [2.24, 2.45) is 0 Å². The van der Waals surface area contributed by atoms with Crippen LogP contribution in [-0.4, -0.2) is 4.98 Å². The Balaban J connectivity index is 2.32. The van der Waals surface area contributed by atoms with Gasteiger partial charge in [0.1, 0.15) is 12.4 Å². The number of nitrogens with zero attached hydrogens (tertiary/aromatic N) is 1. The van der Waals surface area contributed by atoms with Crippen molar-refractivity contribution in [3.63, 3.8) is 0 Å². The fraction of sp³-hybridized carbons (Fsp3) is 0.927. The van der Waals surface area contributed by atoms with E-state index in [2.05, 4.69) is 49.6 Å². The highest BCUT2D eigenvalue weighted by molar-refractivity contribution is 4.90. The summed E-state index contributed by atoms with van der Waals surface area (Å²) in [4.78, 5) is 3.74. The van der Waals surface area contributed by atoms with Gasteiger partial charge in [-0.1, -0.05) is 201 Å². The van der Waals surface area contributed by atoms with Crippen molar-refractivity contribution in [1.82, 2.24) is 4.98 Å². The van der Waals surface area contributed by atoms with Gasteiger partial charge < -0.3 is 0 Å². The van der Waals surface area contributed by atoms with Gasteiger partial charge in [-0.3, -0.25) is 0 Å². The van der Waals surface area contributed by atoms with E-state index in [1.165, 1.54) is 211 Å². The van der Waals surface area contributed by atoms with Crippen LogP contribution in [-0.2, 0) is 0 Å². The fourth-order valence-corrected chi connectivity index (χ4v) is 7.13. The summed E-state index contributed by atoms with van der Waals surface area (Å²) in [5, 5.41) is 0. The molecular formula is C41H81N2+. The van der Waals surface area contributed by atoms with Crippen LogP contribution in [0, 0.1) is 0 Å². The number of hydrogen-bond acceptors (Lipinski definition) is 0. The molecule has 0 saturated carbocycles. The largest absolute Gasteiger partial charge is 0.257 e. The maximum Gasteiger partial charge on any atom is 0.257 e. The molecule has 2 heteroatoms. The molecule has 1 aromatic rings. The second-order valence-electron chi connectivity index (χ2n) is 14.4. The Morgan fingerprint density at radius 3 is 1.09 bits per heavy atom. The van der Waals surface area contributed by atoms with Crippen molar-refractivity contribution in [2.75, 3.05) is 0 Å². The summed E-state index contributed by atoms with van der Waals surface area (Å²) in [6, 6.07) is 0.619. The Morgan fingerprint density at radius 1 is 0.442 bits per heavy atom. The van der Waals surface area contributed by atoms with E-state index in [0.717, 1.165) is 0 Å². The molecule has 0 radical (unpaired) electrons. The third-order valence-corrected chi connectivity index (χ3v) is 10.1. The lowest BCUT2D eigenvalue weighted by Gasteiger charge is -2.17. The minimum Gasteiger partial charge on any atom is -0.247 e. The monoisotopic (exact) mass is 602 g/mol. The van der Waals surface area contributed by atoms with Crippen LogP contribution in [0.3, 0.4) is 0 Å². The van der Waals surface area contributed by atoms with E-state index in [1.807, 2.05) is 0 Å². The molecule has 0 bridgehead atoms. The van der Waals surface area contributed by atoms with Crippen LogP contribution in [0.1, 0.15) is 251 Å². The van der Waals surface area contributed by atoms with E-state index in [0.29, 0.717) is 12.0 Å². The number of hydrogen-bond donors (Lipinski definition) is 1. The normalized spacial score (nSPS) is 13.1. The molecule has 43 heavy (non-hydrogen) atoms. The minimum absolute atomic E-state index is 0.619. The molecule has 0 fully saturated rings. The number of rotatable bonds is 34. The first-order chi connectivity index (χ1) is 21.2. The molecule has 0 spiro atoms. The number of nitrogens with one attached hydrogen (secondary N) is 1. The molecule has 1 rings (SSSR count). The van der Waals surface area contributed by atoms with Gasteiger partial charge in [-0.25, -0.2) is 9.55 Å². The molecule has 0 amide bonds. The number of H-pyrrole nitrogens is 1. The molecule has 2 unspecified atom stereocenters. The molecule has 0 aromatic carbocycles. The van der Waals surface area contributed by atoms with Crippen molar-refractivity contribution in [2.45, 2.75) is 245 Å². The molecule has 1 aromatic heterocycles. The maximum absolute atomic E-state index is 3.74. The Morgan fingerprint density at radius 2 is 0.744 bits per heavy atom. The first-order valence-corrected chi connectivity index (χ1v) is 20.3. The molecule has 0 aliphatic heterocycles. The molecule has 1 heterocycles. The fourth-order valence-electron chi connectivity index (χ4n) is 7.13. The van der Waals surface area contributed by atoms with E-state index >= 15 is 0 Å². The summed E-state index contributed by atoms with van der Waals surface area (Å²) < 4.78 is 2.63. The Hall–Kier alpha value is -0.790. The molecule has 254 valence electrons. The first-order valence-electron chi connectivity index (χ1n) is 20.3. The van der Waals surface area contributed by atoms with Crippen molar-refractivity contribution in [3.8, 4) is 0 Å². The lowest BCUT2D eigenvalue weighted by Crippen LogP contribution is -2.41. The third kappa shape index (κ3) is 23.2. The van der Waals surface area contributed by atoms with Crippen LogP contribution in [0.25, 0.3) is 0 Å². The summed E-state index contributed by atoms with van der Waals surface area (Å²) in [7, 11) is 0. The van der Waals surface area contributed by atoms with Gasteiger partial charge >= 0.3 is 0 Å². The van der Waals surface area contributed by atoms with E-state index in [-0.39, 0.29) is 0 Å². The van der Waals surface area contributed by atoms with Crippen molar-refractivity contribution >= 4 is 0 Å². The highest BCUT2D eigenvalue weighted by atomic mass is 15.1. The molecule has 0 aliphatic rings. The lowest BCUT2D eigenvalue weighted by molar-refractivity contribution is -0.727. The predicted octanol–water partition coefficient (Wildman–Crippen LogP) is 14.5. The van der Waals surface area contributed by atoms with E-state index in [9.17, 15) is 0 Å². The highest BCUT2D eigenvalue weighted by Gasteiger charge is 2.25. The molecule has 1 N–H and O–H groups in total. The van der Waals surface area contributed by atoms with E-state index in [1.54, 1.807) is 0 Å². The van der Waals surface area contributed by atoms with Crippen LogP contribution in [0.5, 0.6) is 0 Å². The van der Waals surface area contributed by atoms with Crippen LogP contribution in [0.2, 0.25) is 0 Å². The summed E-state index contributed by atoms with van der Waals surface area (Å²) in [5.41, 5.74) is 0. The summed E-state index contributed by atoms with van der Waals surface area (Å²) in [5.74, 6) is 2.24. The van der Waals surface area contributed by atoms with Crippen molar-refractivity contribution in [1.29, 1.82) is 0 Å². The Labute approximate surface area is 272 Å². The van der Waals surface area contributed by atoms with Crippen molar-refractivity contribution < 1.29 is 4.57 Å². The number of aromatic nitrogens is 2. The van der Waals surface area contributed by atoms with Gasteiger partial charge in [0.05, 0.1) is 12.0 Å². The quantitative estimate of drug-likeness (QED) is 0.0599. The van der Waals surface area contributed by atoms with Crippen molar-refractivity contribution in [3.05, 3.63) is 18.2 Å². The zero-order valence-corrected chi connectivity index (χ0v) is 30.4. The third-order valence-electron chi connectivity index (χ3n) is 10.1. The standard InChI is InChI=1S/C41H80N2/c1-5-8-11-14-16-18-20-21-23-24-26-29-31-34-39(4)43-38-37-42-41(43)40(35-32-28-13-10-7-3)36-33-30-27-25-22-19-17-15-12-9-6-2/h37-40H,5-36H2,1-4H3/p+1. The highest BCUT2D eigenvalue weighted by Crippen LogP contribution is 2.27. The average molecular weight is 602 g/mol. The zero-order chi connectivity index (χ0) is 31.1. The molecule has 2 nitrogen and oxygen atoms in total. The number of imidazole rings is 1. The van der Waals surface area contributed by atoms with Crippen LogP contribution >= 0.6 is 0 Å². The Bertz CT molecular complexity index is 664. The number of unbranched alkanes of at least 4 members (excludes halogenated alkanes) is 26. The molecular weight excluding hydrogens is 520 g/mol. The predicted molar refractivity (Wildman–Crippen MR) is 193 cm³/mol. The summed E-state index contributed by atoms with van der Waals surface area (Å²) in [6.45, 7) is 9.42. The Kier molecular flexibility index (Phi) is 29.2. The maximum atomic E-state index is 3.74. The van der Waals surface area contributed by atoms with Gasteiger partial charge in [0.2, 0.25) is 0 Å². The van der Waals surface area contributed by atoms with Gasteiger partial charge in [0.25, 0.3) is 5.82 Å². The summed E-state index contributed by atoms with van der Waals surface area (Å²) in [6.07, 6.45) is 50.2. The van der Waals surface area contributed by atoms with Crippen LogP contribution in [0.15, 0.2) is 12.4 Å². The minimum atomic E-state index is 0.619. The van der Waals surface area contributed by atoms with Crippen LogP contribution in [0.4, 0.5) is 0 Å². The molecule has 0 saturated heterocycles. The second-order valence-corrected chi connectivity index (χ2v) is 14.4. The SMILES string of the molecule is CCCCCCCCCCCCCCCC(C)[n+]1cc[nH]c1C(CCCCCCC)CCCCCCCCCCCCC. The van der Waals surface area contributed by atoms with E-state index < -0.39 is 0 Å². The first kappa shape index (κ1) is 40.2. The second kappa shape index (κ2) is 31.2. The average Bonchev–Trinajstić information content (AvgIpc) is 3.51. The number of aromatic amines is 1.